The number of nitrogens with zero attached hydrogens (tertiary/aromatic N) is 4. The average molecular weight is 239 g/mol. The molecule has 0 radical (unpaired) electrons. The van der Waals surface area contributed by atoms with Gasteiger partial charge in [-0.25, -0.2) is 9.48 Å². The summed E-state index contributed by atoms with van der Waals surface area (Å²) in [5.41, 5.74) is 0. The van der Waals surface area contributed by atoms with Crippen LogP contribution in [0.3, 0.4) is 0 Å². The van der Waals surface area contributed by atoms with E-state index in [1.54, 1.807) is 18.2 Å². The summed E-state index contributed by atoms with van der Waals surface area (Å²) in [4.78, 5) is 13.5. The van der Waals surface area contributed by atoms with Crippen LogP contribution in [0.4, 0.5) is 4.79 Å². The molecule has 1 aliphatic heterocycles. The van der Waals surface area contributed by atoms with Gasteiger partial charge >= 0.3 is 6.03 Å². The number of carbonyl (C=O) groups excluding carboxylic acids is 1. The Balaban J connectivity index is 1.79. The molecule has 0 saturated carbocycles. The Hall–Kier alpha value is -1.63. The number of amides is 2. The van der Waals surface area contributed by atoms with Crippen molar-refractivity contribution in [2.75, 3.05) is 33.4 Å². The molecule has 7 heteroatoms. The van der Waals surface area contributed by atoms with Crippen LogP contribution in [0.2, 0.25) is 0 Å². The van der Waals surface area contributed by atoms with Crippen molar-refractivity contribution in [3.05, 3.63) is 12.4 Å². The summed E-state index contributed by atoms with van der Waals surface area (Å²) in [6.45, 7) is 2.51. The second-order valence-electron chi connectivity index (χ2n) is 4.00. The molecule has 0 aliphatic carbocycles. The van der Waals surface area contributed by atoms with Crippen LogP contribution in [-0.4, -0.2) is 59.3 Å². The monoisotopic (exact) mass is 239 g/mol. The maximum atomic E-state index is 11.7. The lowest BCUT2D eigenvalue weighted by molar-refractivity contribution is 0.184. The van der Waals surface area contributed by atoms with E-state index >= 15 is 0 Å². The molecule has 1 atom stereocenters. The first-order valence-corrected chi connectivity index (χ1v) is 5.69. The van der Waals surface area contributed by atoms with E-state index in [-0.39, 0.29) is 12.1 Å². The van der Waals surface area contributed by atoms with Crippen molar-refractivity contribution < 1.29 is 9.53 Å². The van der Waals surface area contributed by atoms with Crippen molar-refractivity contribution in [3.63, 3.8) is 0 Å². The van der Waals surface area contributed by atoms with E-state index in [0.717, 1.165) is 13.0 Å². The Kier molecular flexibility index (Phi) is 3.92. The number of rotatable bonds is 4. The Morgan fingerprint density at radius 3 is 3.24 bits per heavy atom. The second kappa shape index (κ2) is 5.62. The Bertz CT molecular complexity index is 354. The molecular weight excluding hydrogens is 222 g/mol. The van der Waals surface area contributed by atoms with E-state index in [0.29, 0.717) is 19.7 Å². The number of nitrogens with one attached hydrogen (secondary N) is 1. The van der Waals surface area contributed by atoms with Gasteiger partial charge in [-0.3, -0.25) is 0 Å². The van der Waals surface area contributed by atoms with E-state index in [4.69, 9.17) is 4.74 Å². The fraction of sp³-hybridized carbons (Fsp3) is 0.700. The topological polar surface area (TPSA) is 72.3 Å². The number of ether oxygens (including phenoxy) is 1. The first kappa shape index (κ1) is 11.8. The highest BCUT2D eigenvalue weighted by Crippen LogP contribution is 2.19. The van der Waals surface area contributed by atoms with Gasteiger partial charge in [-0.05, 0) is 6.42 Å². The van der Waals surface area contributed by atoms with Gasteiger partial charge in [0.1, 0.15) is 0 Å². The molecule has 2 heterocycles. The lowest BCUT2D eigenvalue weighted by atomic mass is 10.3. The third-order valence-corrected chi connectivity index (χ3v) is 2.85. The average Bonchev–Trinajstić information content (AvgIpc) is 3.00. The molecular formula is C10H17N5O2. The SMILES string of the molecule is COCCNC(=O)N1CCC(n2ccnn2)C1. The van der Waals surface area contributed by atoms with Crippen LogP contribution in [0.1, 0.15) is 12.5 Å². The van der Waals surface area contributed by atoms with Crippen LogP contribution in [0.25, 0.3) is 0 Å². The highest BCUT2D eigenvalue weighted by molar-refractivity contribution is 5.74. The number of aromatic nitrogens is 3. The third-order valence-electron chi connectivity index (χ3n) is 2.85. The van der Waals surface area contributed by atoms with Crippen molar-refractivity contribution in [2.45, 2.75) is 12.5 Å². The largest absolute Gasteiger partial charge is 0.383 e. The molecule has 2 amide bonds. The molecule has 1 fully saturated rings. The molecule has 1 saturated heterocycles. The molecule has 1 aromatic rings. The van der Waals surface area contributed by atoms with Gasteiger partial charge in [0.25, 0.3) is 0 Å². The van der Waals surface area contributed by atoms with Crippen molar-refractivity contribution in [1.82, 2.24) is 25.2 Å². The summed E-state index contributed by atoms with van der Waals surface area (Å²) < 4.78 is 6.69. The van der Waals surface area contributed by atoms with Gasteiger partial charge in [0, 0.05) is 32.9 Å². The lowest BCUT2D eigenvalue weighted by Crippen LogP contribution is -2.40. The maximum absolute atomic E-state index is 11.7. The molecule has 2 rings (SSSR count). The summed E-state index contributed by atoms with van der Waals surface area (Å²) >= 11 is 0. The number of hydrogen-bond donors (Lipinski definition) is 1. The fourth-order valence-corrected chi connectivity index (χ4v) is 1.93. The van der Waals surface area contributed by atoms with Crippen LogP contribution >= 0.6 is 0 Å². The molecule has 94 valence electrons. The number of hydrogen-bond acceptors (Lipinski definition) is 4. The Labute approximate surface area is 99.7 Å². The van der Waals surface area contributed by atoms with Gasteiger partial charge in [0.05, 0.1) is 18.8 Å². The normalized spacial score (nSPS) is 19.6. The van der Waals surface area contributed by atoms with Crippen LogP contribution in [0.5, 0.6) is 0 Å². The summed E-state index contributed by atoms with van der Waals surface area (Å²) in [5.74, 6) is 0. The van der Waals surface area contributed by atoms with Crippen LogP contribution < -0.4 is 5.32 Å². The van der Waals surface area contributed by atoms with Gasteiger partial charge < -0.3 is 15.0 Å². The molecule has 1 unspecified atom stereocenters. The minimum Gasteiger partial charge on any atom is -0.383 e. The van der Waals surface area contributed by atoms with Gasteiger partial charge in [-0.15, -0.1) is 5.10 Å². The minimum absolute atomic E-state index is 0.0373. The van der Waals surface area contributed by atoms with Crippen molar-refractivity contribution in [3.8, 4) is 0 Å². The Morgan fingerprint density at radius 2 is 2.53 bits per heavy atom. The van der Waals surface area contributed by atoms with E-state index in [1.807, 2.05) is 10.9 Å². The van der Waals surface area contributed by atoms with Crippen molar-refractivity contribution in [1.29, 1.82) is 0 Å². The zero-order valence-electron chi connectivity index (χ0n) is 9.87. The molecule has 1 aromatic heterocycles. The molecule has 0 spiro atoms. The molecule has 7 nitrogen and oxygen atoms in total. The predicted octanol–water partition coefficient (Wildman–Crippen LogP) is -0.119. The summed E-state index contributed by atoms with van der Waals surface area (Å²) in [7, 11) is 1.61. The van der Waals surface area contributed by atoms with Crippen molar-refractivity contribution >= 4 is 6.03 Å². The number of urea groups is 1. The number of methoxy groups -OCH3 is 1. The molecule has 0 aromatic carbocycles. The van der Waals surface area contributed by atoms with E-state index in [2.05, 4.69) is 15.6 Å². The highest BCUT2D eigenvalue weighted by atomic mass is 16.5. The molecule has 1 aliphatic rings. The third kappa shape index (κ3) is 2.94. The quantitative estimate of drug-likeness (QED) is 0.744. The van der Waals surface area contributed by atoms with E-state index in [9.17, 15) is 4.79 Å². The van der Waals surface area contributed by atoms with Crippen LogP contribution in [0, 0.1) is 0 Å². The second-order valence-corrected chi connectivity index (χ2v) is 4.00. The zero-order chi connectivity index (χ0) is 12.1. The van der Waals surface area contributed by atoms with Gasteiger partial charge in [-0.1, -0.05) is 5.21 Å². The number of likely N-dealkylation sites (tertiary alicyclic amines) is 1. The fourth-order valence-electron chi connectivity index (χ4n) is 1.93. The smallest absolute Gasteiger partial charge is 0.317 e. The lowest BCUT2D eigenvalue weighted by Gasteiger charge is -2.17. The Morgan fingerprint density at radius 1 is 1.65 bits per heavy atom. The minimum atomic E-state index is -0.0373. The molecule has 1 N–H and O–H groups in total. The predicted molar refractivity (Wildman–Crippen MR) is 60.5 cm³/mol. The standard InChI is InChI=1S/C10H17N5O2/c1-17-7-4-11-10(16)14-5-2-9(8-14)15-6-3-12-13-15/h3,6,9H,2,4-5,7-8H2,1H3,(H,11,16). The summed E-state index contributed by atoms with van der Waals surface area (Å²) in [5, 5.41) is 10.5. The zero-order valence-corrected chi connectivity index (χ0v) is 9.87. The maximum Gasteiger partial charge on any atom is 0.317 e. The van der Waals surface area contributed by atoms with Gasteiger partial charge in [-0.2, -0.15) is 0 Å². The van der Waals surface area contributed by atoms with Crippen molar-refractivity contribution in [2.24, 2.45) is 0 Å². The first-order valence-electron chi connectivity index (χ1n) is 5.69. The summed E-state index contributed by atoms with van der Waals surface area (Å²) in [6, 6.07) is 0.204. The van der Waals surface area contributed by atoms with E-state index < -0.39 is 0 Å². The van der Waals surface area contributed by atoms with Crippen LogP contribution in [0.15, 0.2) is 12.4 Å². The molecule has 17 heavy (non-hydrogen) atoms. The number of carbonyl (C=O) groups is 1. The van der Waals surface area contributed by atoms with Gasteiger partial charge in [0.2, 0.25) is 0 Å². The van der Waals surface area contributed by atoms with Crippen LogP contribution in [-0.2, 0) is 4.74 Å². The van der Waals surface area contributed by atoms with E-state index in [1.165, 1.54) is 0 Å². The molecule has 0 bridgehead atoms. The highest BCUT2D eigenvalue weighted by Gasteiger charge is 2.27. The van der Waals surface area contributed by atoms with Gasteiger partial charge in [0.15, 0.2) is 0 Å². The first-order chi connectivity index (χ1) is 8.31. The summed E-state index contributed by atoms with van der Waals surface area (Å²) in [6.07, 6.45) is 4.40.